The number of rotatable bonds is 6. The van der Waals surface area contributed by atoms with Crippen molar-refractivity contribution in [1.29, 1.82) is 0 Å². The molecule has 0 atom stereocenters. The van der Waals surface area contributed by atoms with Gasteiger partial charge < -0.3 is 9.47 Å². The van der Waals surface area contributed by atoms with Crippen LogP contribution in [0.4, 0.5) is 0 Å². The zero-order valence-electron chi connectivity index (χ0n) is 17.5. The van der Waals surface area contributed by atoms with Crippen molar-refractivity contribution in [3.05, 3.63) is 95.4 Å². The quantitative estimate of drug-likeness (QED) is 0.609. The molecule has 160 valence electrons. The molecule has 3 aromatic rings. The average molecular weight is 428 g/mol. The van der Waals surface area contributed by atoms with Crippen molar-refractivity contribution in [3.8, 4) is 11.5 Å². The smallest absolute Gasteiger partial charge is 0.297 e. The highest BCUT2D eigenvalue weighted by Gasteiger charge is 2.33. The third kappa shape index (κ3) is 4.20. The van der Waals surface area contributed by atoms with Crippen LogP contribution in [-0.2, 0) is 4.79 Å². The third-order valence-electron chi connectivity index (χ3n) is 4.76. The molecule has 0 radical (unpaired) electrons. The van der Waals surface area contributed by atoms with Crippen LogP contribution in [0.5, 0.6) is 11.5 Å². The highest BCUT2D eigenvalue weighted by atomic mass is 16.5. The van der Waals surface area contributed by atoms with E-state index in [0.717, 1.165) is 5.01 Å². The number of nitrogens with one attached hydrogen (secondary N) is 1. The molecule has 0 saturated heterocycles. The van der Waals surface area contributed by atoms with Crippen LogP contribution in [0, 0.1) is 0 Å². The van der Waals surface area contributed by atoms with Crippen LogP contribution in [0.1, 0.15) is 21.5 Å². The number of nitrogens with zero attached hydrogens (tertiary/aromatic N) is 3. The SMILES string of the molecule is COc1ccc(/C=C2\N=C(c3ccccc3)N(NC(=O)c3ccncc3)C2=O)cc1OC. The first kappa shape index (κ1) is 20.8. The molecule has 8 heteroatoms. The van der Waals surface area contributed by atoms with Crippen LogP contribution < -0.4 is 14.9 Å². The summed E-state index contributed by atoms with van der Waals surface area (Å²) in [5.74, 6) is 0.525. The summed E-state index contributed by atoms with van der Waals surface area (Å²) in [4.78, 5) is 34.3. The van der Waals surface area contributed by atoms with Crippen LogP contribution in [0.2, 0.25) is 0 Å². The molecule has 1 aliphatic rings. The lowest BCUT2D eigenvalue weighted by Crippen LogP contribution is -2.47. The van der Waals surface area contributed by atoms with Crippen LogP contribution in [-0.4, -0.2) is 41.9 Å². The van der Waals surface area contributed by atoms with Gasteiger partial charge in [0.25, 0.3) is 11.8 Å². The Bertz CT molecular complexity index is 1210. The molecule has 32 heavy (non-hydrogen) atoms. The summed E-state index contributed by atoms with van der Waals surface area (Å²) >= 11 is 0. The molecule has 0 fully saturated rings. The first-order valence-electron chi connectivity index (χ1n) is 9.74. The van der Waals surface area contributed by atoms with Crippen molar-refractivity contribution in [3.63, 3.8) is 0 Å². The second-order valence-corrected chi connectivity index (χ2v) is 6.76. The maximum atomic E-state index is 13.2. The fourth-order valence-corrected chi connectivity index (χ4v) is 3.17. The van der Waals surface area contributed by atoms with Crippen LogP contribution >= 0.6 is 0 Å². The van der Waals surface area contributed by atoms with Gasteiger partial charge in [0.2, 0.25) is 0 Å². The lowest BCUT2D eigenvalue weighted by atomic mass is 10.1. The van der Waals surface area contributed by atoms with Crippen molar-refractivity contribution in [2.45, 2.75) is 0 Å². The van der Waals surface area contributed by atoms with Gasteiger partial charge in [0.1, 0.15) is 5.70 Å². The van der Waals surface area contributed by atoms with E-state index in [2.05, 4.69) is 15.4 Å². The van der Waals surface area contributed by atoms with Crippen molar-refractivity contribution in [1.82, 2.24) is 15.4 Å². The van der Waals surface area contributed by atoms with E-state index in [-0.39, 0.29) is 5.70 Å². The topological polar surface area (TPSA) is 93.1 Å². The molecular formula is C24H20N4O4. The number of hydrogen-bond acceptors (Lipinski definition) is 6. The van der Waals surface area contributed by atoms with E-state index >= 15 is 0 Å². The molecule has 4 rings (SSSR count). The molecule has 2 amide bonds. The van der Waals surface area contributed by atoms with Gasteiger partial charge in [-0.05, 0) is 35.9 Å². The minimum Gasteiger partial charge on any atom is -0.493 e. The Morgan fingerprint density at radius 2 is 1.69 bits per heavy atom. The fraction of sp³-hybridized carbons (Fsp3) is 0.0833. The van der Waals surface area contributed by atoms with Gasteiger partial charge >= 0.3 is 0 Å². The van der Waals surface area contributed by atoms with Gasteiger partial charge in [0, 0.05) is 23.5 Å². The summed E-state index contributed by atoms with van der Waals surface area (Å²) in [6.45, 7) is 0. The van der Waals surface area contributed by atoms with E-state index in [0.29, 0.717) is 34.0 Å². The number of carbonyl (C=O) groups excluding carboxylic acids is 2. The van der Waals surface area contributed by atoms with Gasteiger partial charge in [0.05, 0.1) is 14.2 Å². The molecular weight excluding hydrogens is 408 g/mol. The van der Waals surface area contributed by atoms with Gasteiger partial charge in [0.15, 0.2) is 17.3 Å². The summed E-state index contributed by atoms with van der Waals surface area (Å²) in [5, 5.41) is 1.16. The third-order valence-corrected chi connectivity index (χ3v) is 4.76. The van der Waals surface area contributed by atoms with Crippen LogP contribution in [0.3, 0.4) is 0 Å². The zero-order valence-corrected chi connectivity index (χ0v) is 17.5. The van der Waals surface area contributed by atoms with Gasteiger partial charge in [-0.1, -0.05) is 36.4 Å². The normalized spacial score (nSPS) is 14.3. The van der Waals surface area contributed by atoms with Crippen molar-refractivity contribution >= 4 is 23.7 Å². The Morgan fingerprint density at radius 1 is 0.969 bits per heavy atom. The lowest BCUT2D eigenvalue weighted by molar-refractivity contribution is -0.124. The number of aromatic nitrogens is 1. The molecule has 0 bridgehead atoms. The first-order chi connectivity index (χ1) is 15.6. The number of carbonyl (C=O) groups is 2. The van der Waals surface area contributed by atoms with E-state index in [1.807, 2.05) is 30.3 Å². The van der Waals surface area contributed by atoms with Gasteiger partial charge in [-0.25, -0.2) is 4.99 Å². The second-order valence-electron chi connectivity index (χ2n) is 6.76. The Kier molecular flexibility index (Phi) is 5.94. The van der Waals surface area contributed by atoms with Crippen molar-refractivity contribution in [2.24, 2.45) is 4.99 Å². The summed E-state index contributed by atoms with van der Waals surface area (Å²) in [6.07, 6.45) is 4.65. The fourth-order valence-electron chi connectivity index (χ4n) is 3.17. The Hall–Kier alpha value is -4.46. The zero-order chi connectivity index (χ0) is 22.5. The Morgan fingerprint density at radius 3 is 2.38 bits per heavy atom. The molecule has 8 nitrogen and oxygen atoms in total. The number of ether oxygens (including phenoxy) is 2. The summed E-state index contributed by atoms with van der Waals surface area (Å²) < 4.78 is 10.6. The number of pyridine rings is 1. The standard InChI is InChI=1S/C24H20N4O4/c1-31-20-9-8-16(15-21(20)32-2)14-19-24(30)28(22(26-19)17-6-4-3-5-7-17)27-23(29)18-10-12-25-13-11-18/h3-15H,1-2H3,(H,27,29)/b19-14-. The van der Waals surface area contributed by atoms with E-state index in [4.69, 9.17) is 9.47 Å². The number of amidine groups is 1. The molecule has 2 heterocycles. The Labute approximate surface area is 184 Å². The number of amides is 2. The number of aliphatic imine (C=N–C) groups is 1. The summed E-state index contributed by atoms with van der Waals surface area (Å²) in [7, 11) is 3.09. The second kappa shape index (κ2) is 9.13. The number of hydrazine groups is 1. The molecule has 0 aliphatic carbocycles. The van der Waals surface area contributed by atoms with Gasteiger partial charge in [-0.2, -0.15) is 5.01 Å². The lowest BCUT2D eigenvalue weighted by Gasteiger charge is -2.19. The van der Waals surface area contributed by atoms with E-state index in [9.17, 15) is 9.59 Å². The predicted octanol–water partition coefficient (Wildman–Crippen LogP) is 3.07. The molecule has 1 aromatic heterocycles. The molecule has 1 aliphatic heterocycles. The molecule has 2 aromatic carbocycles. The number of hydrogen-bond donors (Lipinski definition) is 1. The first-order valence-corrected chi connectivity index (χ1v) is 9.74. The number of methoxy groups -OCH3 is 2. The summed E-state index contributed by atoms with van der Waals surface area (Å²) in [6, 6.07) is 17.6. The minimum absolute atomic E-state index is 0.172. The average Bonchev–Trinajstić information content (AvgIpc) is 3.15. The maximum Gasteiger partial charge on any atom is 0.297 e. The monoisotopic (exact) mass is 428 g/mol. The van der Waals surface area contributed by atoms with Gasteiger partial charge in [-0.3, -0.25) is 20.0 Å². The van der Waals surface area contributed by atoms with Gasteiger partial charge in [-0.15, -0.1) is 0 Å². The molecule has 0 saturated carbocycles. The van der Waals surface area contributed by atoms with Crippen LogP contribution in [0.15, 0.2) is 83.7 Å². The van der Waals surface area contributed by atoms with Crippen molar-refractivity contribution < 1.29 is 19.1 Å². The van der Waals surface area contributed by atoms with E-state index in [1.54, 1.807) is 43.5 Å². The molecule has 0 spiro atoms. The van der Waals surface area contributed by atoms with E-state index < -0.39 is 11.8 Å². The minimum atomic E-state index is -0.457. The Balaban J connectivity index is 1.70. The predicted molar refractivity (Wildman–Crippen MR) is 119 cm³/mol. The largest absolute Gasteiger partial charge is 0.493 e. The van der Waals surface area contributed by atoms with Crippen molar-refractivity contribution in [2.75, 3.05) is 14.2 Å². The number of benzene rings is 2. The summed E-state index contributed by atoms with van der Waals surface area (Å²) in [5.41, 5.74) is 4.58. The van der Waals surface area contributed by atoms with E-state index in [1.165, 1.54) is 19.5 Å². The highest BCUT2D eigenvalue weighted by molar-refractivity contribution is 6.20. The molecule has 0 unspecified atom stereocenters. The van der Waals surface area contributed by atoms with Crippen LogP contribution in [0.25, 0.3) is 6.08 Å². The highest BCUT2D eigenvalue weighted by Crippen LogP contribution is 2.29. The maximum absolute atomic E-state index is 13.2. The molecule has 1 N–H and O–H groups in total.